The van der Waals surface area contributed by atoms with E-state index in [1.807, 2.05) is 12.1 Å². The molecule has 0 amide bonds. The van der Waals surface area contributed by atoms with E-state index in [4.69, 9.17) is 5.73 Å². The van der Waals surface area contributed by atoms with Crippen molar-refractivity contribution in [1.29, 1.82) is 0 Å². The topological polar surface area (TPSA) is 26.0 Å². The van der Waals surface area contributed by atoms with Crippen LogP contribution in [0.2, 0.25) is 0 Å². The van der Waals surface area contributed by atoms with Gasteiger partial charge < -0.3 is 5.73 Å². The Bertz CT molecular complexity index is 459. The summed E-state index contributed by atoms with van der Waals surface area (Å²) in [6, 6.07) is 14.4. The molecule has 0 aliphatic rings. The molecule has 0 bridgehead atoms. The summed E-state index contributed by atoms with van der Waals surface area (Å²) in [6.07, 6.45) is 1.75. The maximum Gasteiger partial charge on any atom is 0.0478 e. The van der Waals surface area contributed by atoms with Crippen LogP contribution in [-0.4, -0.2) is 0 Å². The molecule has 0 aliphatic heterocycles. The van der Waals surface area contributed by atoms with Gasteiger partial charge in [0.05, 0.1) is 0 Å². The highest BCUT2D eigenvalue weighted by Gasteiger charge is 2.01. The Balaban J connectivity index is 2.56. The van der Waals surface area contributed by atoms with E-state index in [1.165, 1.54) is 10.8 Å². The van der Waals surface area contributed by atoms with Crippen LogP contribution in [0.25, 0.3) is 10.8 Å². The monoisotopic (exact) mass is 183 g/mol. The molecule has 0 radical (unpaired) electrons. The number of fused-ring (bicyclic) bond motifs is 1. The van der Waals surface area contributed by atoms with Crippen molar-refractivity contribution in [2.75, 3.05) is 0 Å². The molecule has 1 heteroatoms. The maximum absolute atomic E-state index is 5.87. The lowest BCUT2D eigenvalue weighted by atomic mass is 10.0. The minimum Gasteiger partial charge on any atom is -0.321 e. The van der Waals surface area contributed by atoms with Crippen molar-refractivity contribution in [1.82, 2.24) is 0 Å². The third kappa shape index (κ3) is 1.54. The predicted octanol–water partition coefficient (Wildman–Crippen LogP) is 3.03. The van der Waals surface area contributed by atoms with Crippen molar-refractivity contribution in [3.05, 3.63) is 60.7 Å². The van der Waals surface area contributed by atoms with Gasteiger partial charge in [0, 0.05) is 6.04 Å². The van der Waals surface area contributed by atoms with E-state index in [2.05, 4.69) is 36.9 Å². The van der Waals surface area contributed by atoms with Gasteiger partial charge in [0.1, 0.15) is 0 Å². The standard InChI is InChI=1S/C13H13N/c1-2-13(14)12-8-7-10-5-3-4-6-11(10)9-12/h2-9,13H,1,14H2/t13-/m1/s1. The van der Waals surface area contributed by atoms with Gasteiger partial charge in [0.2, 0.25) is 0 Å². The Morgan fingerprint density at radius 3 is 2.50 bits per heavy atom. The van der Waals surface area contributed by atoms with Crippen LogP contribution >= 0.6 is 0 Å². The summed E-state index contributed by atoms with van der Waals surface area (Å²) in [7, 11) is 0. The molecule has 2 aromatic carbocycles. The highest BCUT2D eigenvalue weighted by molar-refractivity contribution is 5.83. The van der Waals surface area contributed by atoms with Gasteiger partial charge in [-0.25, -0.2) is 0 Å². The van der Waals surface area contributed by atoms with Crippen molar-refractivity contribution < 1.29 is 0 Å². The van der Waals surface area contributed by atoms with E-state index in [-0.39, 0.29) is 6.04 Å². The van der Waals surface area contributed by atoms with Crippen molar-refractivity contribution in [2.24, 2.45) is 5.73 Å². The summed E-state index contributed by atoms with van der Waals surface area (Å²) in [5.41, 5.74) is 6.98. The van der Waals surface area contributed by atoms with E-state index in [1.54, 1.807) is 6.08 Å². The van der Waals surface area contributed by atoms with Crippen LogP contribution in [0, 0.1) is 0 Å². The van der Waals surface area contributed by atoms with Crippen LogP contribution in [0.3, 0.4) is 0 Å². The Morgan fingerprint density at radius 2 is 1.79 bits per heavy atom. The first-order valence-corrected chi connectivity index (χ1v) is 4.68. The van der Waals surface area contributed by atoms with Crippen molar-refractivity contribution in [2.45, 2.75) is 6.04 Å². The largest absolute Gasteiger partial charge is 0.321 e. The average molecular weight is 183 g/mol. The van der Waals surface area contributed by atoms with Gasteiger partial charge in [-0.05, 0) is 22.4 Å². The first-order chi connectivity index (χ1) is 6.81. The van der Waals surface area contributed by atoms with Gasteiger partial charge >= 0.3 is 0 Å². The minimum absolute atomic E-state index is 0.0698. The normalized spacial score (nSPS) is 12.6. The minimum atomic E-state index is -0.0698. The SMILES string of the molecule is C=C[C@@H](N)c1ccc2ccccc2c1. The molecule has 0 saturated carbocycles. The predicted molar refractivity (Wildman–Crippen MR) is 61.1 cm³/mol. The Labute approximate surface area is 83.9 Å². The maximum atomic E-state index is 5.87. The fourth-order valence-electron chi connectivity index (χ4n) is 1.55. The summed E-state index contributed by atoms with van der Waals surface area (Å²) >= 11 is 0. The molecule has 2 aromatic rings. The smallest absolute Gasteiger partial charge is 0.0478 e. The first-order valence-electron chi connectivity index (χ1n) is 4.68. The Morgan fingerprint density at radius 1 is 1.07 bits per heavy atom. The van der Waals surface area contributed by atoms with E-state index in [9.17, 15) is 0 Å². The van der Waals surface area contributed by atoms with Crippen LogP contribution in [0.15, 0.2) is 55.1 Å². The fraction of sp³-hybridized carbons (Fsp3) is 0.0769. The van der Waals surface area contributed by atoms with Gasteiger partial charge in [0.25, 0.3) is 0 Å². The average Bonchev–Trinajstić information content (AvgIpc) is 2.27. The summed E-state index contributed by atoms with van der Waals surface area (Å²) in [4.78, 5) is 0. The van der Waals surface area contributed by atoms with E-state index in [0.29, 0.717) is 0 Å². The van der Waals surface area contributed by atoms with Crippen LogP contribution in [-0.2, 0) is 0 Å². The third-order valence-corrected chi connectivity index (χ3v) is 2.41. The summed E-state index contributed by atoms with van der Waals surface area (Å²) in [6.45, 7) is 3.69. The quantitative estimate of drug-likeness (QED) is 0.711. The van der Waals surface area contributed by atoms with Crippen LogP contribution in [0.1, 0.15) is 11.6 Å². The molecule has 0 aliphatic carbocycles. The molecular weight excluding hydrogens is 170 g/mol. The molecule has 0 fully saturated rings. The number of hydrogen-bond donors (Lipinski definition) is 1. The van der Waals surface area contributed by atoms with Crippen LogP contribution in [0.4, 0.5) is 0 Å². The van der Waals surface area contributed by atoms with E-state index in [0.717, 1.165) is 5.56 Å². The number of hydrogen-bond acceptors (Lipinski definition) is 1. The molecule has 0 spiro atoms. The Kier molecular flexibility index (Phi) is 2.33. The second kappa shape index (κ2) is 3.64. The molecule has 0 aromatic heterocycles. The van der Waals surface area contributed by atoms with Crippen molar-refractivity contribution >= 4 is 10.8 Å². The molecule has 2 rings (SSSR count). The third-order valence-electron chi connectivity index (χ3n) is 2.41. The fourth-order valence-corrected chi connectivity index (χ4v) is 1.55. The van der Waals surface area contributed by atoms with Crippen molar-refractivity contribution in [3.8, 4) is 0 Å². The van der Waals surface area contributed by atoms with Gasteiger partial charge in [-0.15, -0.1) is 6.58 Å². The van der Waals surface area contributed by atoms with Gasteiger partial charge in [-0.1, -0.05) is 42.5 Å². The lowest BCUT2D eigenvalue weighted by molar-refractivity contribution is 0.917. The second-order valence-corrected chi connectivity index (χ2v) is 3.37. The molecule has 0 heterocycles. The first kappa shape index (κ1) is 8.97. The molecule has 0 saturated heterocycles. The zero-order valence-electron chi connectivity index (χ0n) is 7.98. The van der Waals surface area contributed by atoms with Crippen LogP contribution in [0.5, 0.6) is 0 Å². The van der Waals surface area contributed by atoms with Crippen molar-refractivity contribution in [3.63, 3.8) is 0 Å². The second-order valence-electron chi connectivity index (χ2n) is 3.37. The number of nitrogens with two attached hydrogens (primary N) is 1. The molecular formula is C13H13N. The van der Waals surface area contributed by atoms with Crippen LogP contribution < -0.4 is 5.73 Å². The van der Waals surface area contributed by atoms with Gasteiger partial charge in [0.15, 0.2) is 0 Å². The lowest BCUT2D eigenvalue weighted by Gasteiger charge is -2.07. The summed E-state index contributed by atoms with van der Waals surface area (Å²) in [5, 5.41) is 2.47. The molecule has 70 valence electrons. The summed E-state index contributed by atoms with van der Waals surface area (Å²) in [5.74, 6) is 0. The zero-order valence-corrected chi connectivity index (χ0v) is 7.98. The molecule has 1 atom stereocenters. The molecule has 2 N–H and O–H groups in total. The highest BCUT2D eigenvalue weighted by atomic mass is 14.6. The van der Waals surface area contributed by atoms with Gasteiger partial charge in [-0.2, -0.15) is 0 Å². The molecule has 1 nitrogen and oxygen atoms in total. The number of benzene rings is 2. The van der Waals surface area contributed by atoms with E-state index < -0.39 is 0 Å². The lowest BCUT2D eigenvalue weighted by Crippen LogP contribution is -2.05. The summed E-state index contributed by atoms with van der Waals surface area (Å²) < 4.78 is 0. The highest BCUT2D eigenvalue weighted by Crippen LogP contribution is 2.19. The molecule has 0 unspecified atom stereocenters. The molecule has 14 heavy (non-hydrogen) atoms. The Hall–Kier alpha value is -1.60. The van der Waals surface area contributed by atoms with E-state index >= 15 is 0 Å². The zero-order chi connectivity index (χ0) is 9.97. The van der Waals surface area contributed by atoms with Gasteiger partial charge in [-0.3, -0.25) is 0 Å². The number of rotatable bonds is 2.